The van der Waals surface area contributed by atoms with E-state index in [-0.39, 0.29) is 0 Å². The second-order valence-corrected chi connectivity index (χ2v) is 6.13. The van der Waals surface area contributed by atoms with Gasteiger partial charge < -0.3 is 5.11 Å². The maximum atomic E-state index is 11.2. The average Bonchev–Trinajstić information content (AvgIpc) is 3.12. The molecule has 2 fully saturated rings. The number of benzene rings is 1. The minimum Gasteiger partial charge on any atom is -0.507 e. The summed E-state index contributed by atoms with van der Waals surface area (Å²) in [4.78, 5) is 11.2. The molecule has 3 rings (SSSR count). The van der Waals surface area contributed by atoms with Gasteiger partial charge >= 0.3 is 0 Å². The monoisotopic (exact) mass is 258 g/mol. The molecular weight excluding hydrogens is 236 g/mol. The third kappa shape index (κ3) is 2.41. The van der Waals surface area contributed by atoms with Crippen molar-refractivity contribution in [2.75, 3.05) is 0 Å². The maximum Gasteiger partial charge on any atom is 0.150 e. The van der Waals surface area contributed by atoms with Gasteiger partial charge in [-0.25, -0.2) is 0 Å². The fraction of sp³-hybridized carbons (Fsp3) is 0.588. The lowest BCUT2D eigenvalue weighted by Crippen LogP contribution is -2.01. The molecule has 0 aromatic heterocycles. The molecule has 2 aliphatic carbocycles. The first-order valence-corrected chi connectivity index (χ1v) is 7.61. The van der Waals surface area contributed by atoms with E-state index in [1.165, 1.54) is 25.7 Å². The second kappa shape index (κ2) is 5.36. The Hall–Kier alpha value is -1.31. The fourth-order valence-electron chi connectivity index (χ4n) is 3.87. The van der Waals surface area contributed by atoms with Crippen molar-refractivity contribution in [1.29, 1.82) is 0 Å². The van der Waals surface area contributed by atoms with Gasteiger partial charge in [-0.1, -0.05) is 25.7 Å². The van der Waals surface area contributed by atoms with Gasteiger partial charge in [0.1, 0.15) is 12.0 Å². The molecule has 0 amide bonds. The molecule has 0 saturated heterocycles. The first-order chi connectivity index (χ1) is 9.29. The normalized spacial score (nSPS) is 21.1. The van der Waals surface area contributed by atoms with E-state index in [0.29, 0.717) is 17.6 Å². The largest absolute Gasteiger partial charge is 0.507 e. The molecule has 0 atom stereocenters. The van der Waals surface area contributed by atoms with E-state index in [9.17, 15) is 9.90 Å². The number of carbonyl (C=O) groups excluding carboxylic acids is 1. The summed E-state index contributed by atoms with van der Waals surface area (Å²) in [5.41, 5.74) is 2.80. The number of aromatic hydroxyl groups is 1. The Bertz CT molecular complexity index is 429. The highest BCUT2D eigenvalue weighted by Crippen LogP contribution is 2.45. The summed E-state index contributed by atoms with van der Waals surface area (Å²) in [5.74, 6) is 1.41. The zero-order valence-corrected chi connectivity index (χ0v) is 11.4. The van der Waals surface area contributed by atoms with Crippen molar-refractivity contribution in [3.63, 3.8) is 0 Å². The molecule has 102 valence electrons. The van der Waals surface area contributed by atoms with Crippen LogP contribution in [0.3, 0.4) is 0 Å². The number of phenolic OH excluding ortho intramolecular Hbond substituents is 1. The predicted molar refractivity (Wildman–Crippen MR) is 75.9 cm³/mol. The van der Waals surface area contributed by atoms with Gasteiger partial charge in [0.2, 0.25) is 0 Å². The number of phenols is 1. The molecule has 1 aromatic rings. The Morgan fingerprint density at radius 3 is 1.68 bits per heavy atom. The SMILES string of the molecule is O=Cc1cc(C2CCCC2)c(O)c(C2CCCC2)c1. The lowest BCUT2D eigenvalue weighted by molar-refractivity contribution is 0.112. The molecule has 19 heavy (non-hydrogen) atoms. The Morgan fingerprint density at radius 2 is 1.32 bits per heavy atom. The predicted octanol–water partition coefficient (Wildman–Crippen LogP) is 4.52. The Labute approximate surface area is 114 Å². The molecule has 2 nitrogen and oxygen atoms in total. The molecular formula is C17H22O2. The minimum atomic E-state index is 0.458. The van der Waals surface area contributed by atoms with E-state index < -0.39 is 0 Å². The van der Waals surface area contributed by atoms with Crippen LogP contribution in [-0.2, 0) is 0 Å². The van der Waals surface area contributed by atoms with Gasteiger partial charge in [0.05, 0.1) is 0 Å². The molecule has 1 N–H and O–H groups in total. The third-order valence-electron chi connectivity index (χ3n) is 4.92. The van der Waals surface area contributed by atoms with Gasteiger partial charge in [-0.2, -0.15) is 0 Å². The highest BCUT2D eigenvalue weighted by Gasteiger charge is 2.26. The minimum absolute atomic E-state index is 0.458. The molecule has 0 unspecified atom stereocenters. The molecule has 0 spiro atoms. The van der Waals surface area contributed by atoms with Crippen LogP contribution in [0.4, 0.5) is 0 Å². The van der Waals surface area contributed by atoms with Crippen LogP contribution < -0.4 is 0 Å². The van der Waals surface area contributed by atoms with Crippen LogP contribution in [0.1, 0.15) is 84.7 Å². The fourth-order valence-corrected chi connectivity index (χ4v) is 3.87. The smallest absolute Gasteiger partial charge is 0.150 e. The Balaban J connectivity index is 2.02. The quantitative estimate of drug-likeness (QED) is 0.809. The van der Waals surface area contributed by atoms with E-state index in [2.05, 4.69) is 0 Å². The molecule has 0 bridgehead atoms. The number of carbonyl (C=O) groups is 1. The van der Waals surface area contributed by atoms with Crippen LogP contribution >= 0.6 is 0 Å². The molecule has 2 aliphatic rings. The number of aldehydes is 1. The van der Waals surface area contributed by atoms with Crippen LogP contribution in [0.25, 0.3) is 0 Å². The van der Waals surface area contributed by atoms with Crippen LogP contribution in [0.15, 0.2) is 12.1 Å². The van der Waals surface area contributed by atoms with Gasteiger partial charge in [0.15, 0.2) is 0 Å². The summed E-state index contributed by atoms with van der Waals surface area (Å²) < 4.78 is 0. The molecule has 2 heteroatoms. The third-order valence-corrected chi connectivity index (χ3v) is 4.92. The average molecular weight is 258 g/mol. The number of hydrogen-bond acceptors (Lipinski definition) is 2. The van der Waals surface area contributed by atoms with E-state index in [1.807, 2.05) is 12.1 Å². The summed E-state index contributed by atoms with van der Waals surface area (Å²) in [6.07, 6.45) is 10.5. The molecule has 0 heterocycles. The summed E-state index contributed by atoms with van der Waals surface area (Å²) in [6.45, 7) is 0. The van der Waals surface area contributed by atoms with E-state index >= 15 is 0 Å². The first kappa shape index (κ1) is 12.7. The van der Waals surface area contributed by atoms with Crippen LogP contribution in [0.5, 0.6) is 5.75 Å². The standard InChI is InChI=1S/C17H22O2/c18-11-12-9-15(13-5-1-2-6-13)17(19)16(10-12)14-7-3-4-8-14/h9-11,13-14,19H,1-8H2. The highest BCUT2D eigenvalue weighted by molar-refractivity contribution is 5.77. The Kier molecular flexibility index (Phi) is 3.58. The number of rotatable bonds is 3. The van der Waals surface area contributed by atoms with Crippen molar-refractivity contribution < 1.29 is 9.90 Å². The highest BCUT2D eigenvalue weighted by atomic mass is 16.3. The molecule has 0 aliphatic heterocycles. The summed E-state index contributed by atoms with van der Waals surface area (Å²) in [6, 6.07) is 3.83. The van der Waals surface area contributed by atoms with Crippen LogP contribution in [0, 0.1) is 0 Å². The zero-order valence-electron chi connectivity index (χ0n) is 11.4. The van der Waals surface area contributed by atoms with Crippen LogP contribution in [-0.4, -0.2) is 11.4 Å². The lowest BCUT2D eigenvalue weighted by Gasteiger charge is -2.19. The van der Waals surface area contributed by atoms with Crippen molar-refractivity contribution in [1.82, 2.24) is 0 Å². The van der Waals surface area contributed by atoms with E-state index in [0.717, 1.165) is 48.7 Å². The van der Waals surface area contributed by atoms with Gasteiger partial charge in [-0.15, -0.1) is 0 Å². The van der Waals surface area contributed by atoms with Gasteiger partial charge in [-0.05, 0) is 60.8 Å². The topological polar surface area (TPSA) is 37.3 Å². The maximum absolute atomic E-state index is 11.2. The van der Waals surface area contributed by atoms with E-state index in [4.69, 9.17) is 0 Å². The van der Waals surface area contributed by atoms with Crippen molar-refractivity contribution in [2.24, 2.45) is 0 Å². The van der Waals surface area contributed by atoms with Gasteiger partial charge in [0, 0.05) is 5.56 Å². The Morgan fingerprint density at radius 1 is 0.895 bits per heavy atom. The van der Waals surface area contributed by atoms with E-state index in [1.54, 1.807) is 0 Å². The summed E-state index contributed by atoms with van der Waals surface area (Å²) >= 11 is 0. The lowest BCUT2D eigenvalue weighted by atomic mass is 9.87. The van der Waals surface area contributed by atoms with Gasteiger partial charge in [-0.3, -0.25) is 4.79 Å². The van der Waals surface area contributed by atoms with Crippen molar-refractivity contribution in [2.45, 2.75) is 63.2 Å². The molecule has 0 radical (unpaired) electrons. The second-order valence-electron chi connectivity index (χ2n) is 6.13. The zero-order chi connectivity index (χ0) is 13.2. The van der Waals surface area contributed by atoms with Crippen molar-refractivity contribution in [3.05, 3.63) is 28.8 Å². The summed E-state index contributed by atoms with van der Waals surface area (Å²) in [5, 5.41) is 10.6. The van der Waals surface area contributed by atoms with Gasteiger partial charge in [0.25, 0.3) is 0 Å². The first-order valence-electron chi connectivity index (χ1n) is 7.61. The van der Waals surface area contributed by atoms with Crippen molar-refractivity contribution >= 4 is 6.29 Å². The molecule has 2 saturated carbocycles. The molecule has 1 aromatic carbocycles. The number of hydrogen-bond donors (Lipinski definition) is 1. The van der Waals surface area contributed by atoms with Crippen LogP contribution in [0.2, 0.25) is 0 Å². The summed E-state index contributed by atoms with van der Waals surface area (Å²) in [7, 11) is 0. The van der Waals surface area contributed by atoms with Crippen molar-refractivity contribution in [3.8, 4) is 5.75 Å².